The maximum atomic E-state index is 12.1. The first kappa shape index (κ1) is 16.8. The van der Waals surface area contributed by atoms with Gasteiger partial charge in [-0.05, 0) is 48.3 Å². The second-order valence-electron chi connectivity index (χ2n) is 5.40. The first-order valence-electron chi connectivity index (χ1n) is 6.61. The molecule has 2 rings (SSSR count). The maximum Gasteiger partial charge on any atom is 0.303 e. The van der Waals surface area contributed by atoms with Crippen LogP contribution < -0.4 is 0 Å². The molecule has 1 aliphatic rings. The third-order valence-corrected chi connectivity index (χ3v) is 7.39. The number of benzene rings is 1. The SMILES string of the molecule is O=C(O)CC1(CSCCS(=O)(=O)c2ccc(Br)cc2)CC1. The highest BCUT2D eigenvalue weighted by Gasteiger charge is 2.44. The van der Waals surface area contributed by atoms with Gasteiger partial charge in [-0.25, -0.2) is 8.42 Å². The molecule has 1 aliphatic carbocycles. The summed E-state index contributed by atoms with van der Waals surface area (Å²) in [6, 6.07) is 6.62. The first-order valence-corrected chi connectivity index (χ1v) is 10.2. The summed E-state index contributed by atoms with van der Waals surface area (Å²) in [7, 11) is -3.26. The van der Waals surface area contributed by atoms with Crippen LogP contribution >= 0.6 is 27.7 Å². The summed E-state index contributed by atoms with van der Waals surface area (Å²) in [6.45, 7) is 0. The molecule has 1 aromatic carbocycles. The van der Waals surface area contributed by atoms with E-state index in [2.05, 4.69) is 15.9 Å². The Labute approximate surface area is 137 Å². The molecule has 1 aromatic rings. The van der Waals surface area contributed by atoms with Crippen LogP contribution in [0, 0.1) is 5.41 Å². The lowest BCUT2D eigenvalue weighted by Gasteiger charge is -2.11. The van der Waals surface area contributed by atoms with Gasteiger partial charge in [0.25, 0.3) is 0 Å². The smallest absolute Gasteiger partial charge is 0.303 e. The van der Waals surface area contributed by atoms with Gasteiger partial charge in [-0.1, -0.05) is 15.9 Å². The standard InChI is InChI=1S/C14H17BrO4S2/c15-11-1-3-12(4-2-11)21(18,19)8-7-20-10-14(5-6-14)9-13(16)17/h1-4H,5-10H2,(H,16,17). The van der Waals surface area contributed by atoms with Crippen molar-refractivity contribution in [2.24, 2.45) is 5.41 Å². The summed E-state index contributed by atoms with van der Waals surface area (Å²) < 4.78 is 25.1. The highest BCUT2D eigenvalue weighted by atomic mass is 79.9. The number of hydrogen-bond acceptors (Lipinski definition) is 4. The lowest BCUT2D eigenvalue weighted by Crippen LogP contribution is -2.13. The van der Waals surface area contributed by atoms with Gasteiger partial charge >= 0.3 is 5.97 Å². The average Bonchev–Trinajstić information content (AvgIpc) is 3.14. The summed E-state index contributed by atoms with van der Waals surface area (Å²) >= 11 is 4.82. The van der Waals surface area contributed by atoms with Crippen molar-refractivity contribution in [3.05, 3.63) is 28.7 Å². The normalized spacial score (nSPS) is 16.6. The Balaban J connectivity index is 1.80. The van der Waals surface area contributed by atoms with Crippen LogP contribution in [-0.4, -0.2) is 36.8 Å². The molecule has 0 amide bonds. The highest BCUT2D eigenvalue weighted by molar-refractivity contribution is 9.10. The molecule has 0 radical (unpaired) electrons. The number of sulfone groups is 1. The fraction of sp³-hybridized carbons (Fsp3) is 0.500. The van der Waals surface area contributed by atoms with Gasteiger partial charge in [0.05, 0.1) is 17.1 Å². The van der Waals surface area contributed by atoms with Crippen LogP contribution in [0.2, 0.25) is 0 Å². The molecule has 4 nitrogen and oxygen atoms in total. The van der Waals surface area contributed by atoms with Crippen LogP contribution in [-0.2, 0) is 14.6 Å². The van der Waals surface area contributed by atoms with E-state index >= 15 is 0 Å². The molecule has 0 spiro atoms. The van der Waals surface area contributed by atoms with Gasteiger partial charge in [-0.15, -0.1) is 0 Å². The van der Waals surface area contributed by atoms with E-state index in [9.17, 15) is 13.2 Å². The molecule has 116 valence electrons. The van der Waals surface area contributed by atoms with Crippen molar-refractivity contribution in [2.75, 3.05) is 17.3 Å². The minimum Gasteiger partial charge on any atom is -0.481 e. The van der Waals surface area contributed by atoms with E-state index in [1.165, 1.54) is 11.8 Å². The Morgan fingerprint density at radius 1 is 1.29 bits per heavy atom. The van der Waals surface area contributed by atoms with Gasteiger partial charge in [0.2, 0.25) is 0 Å². The Morgan fingerprint density at radius 2 is 1.90 bits per heavy atom. The van der Waals surface area contributed by atoms with Gasteiger partial charge in [0, 0.05) is 10.2 Å². The lowest BCUT2D eigenvalue weighted by molar-refractivity contribution is -0.138. The van der Waals surface area contributed by atoms with Gasteiger partial charge in [-0.2, -0.15) is 11.8 Å². The van der Waals surface area contributed by atoms with Gasteiger partial charge in [0.15, 0.2) is 9.84 Å². The fourth-order valence-corrected chi connectivity index (χ4v) is 5.45. The van der Waals surface area contributed by atoms with Crippen molar-refractivity contribution in [1.29, 1.82) is 0 Å². The van der Waals surface area contributed by atoms with E-state index in [1.807, 2.05) is 0 Å². The zero-order valence-electron chi connectivity index (χ0n) is 11.4. The molecule has 1 N–H and O–H groups in total. The van der Waals surface area contributed by atoms with Crippen molar-refractivity contribution in [3.8, 4) is 0 Å². The van der Waals surface area contributed by atoms with Crippen LogP contribution in [0.25, 0.3) is 0 Å². The largest absolute Gasteiger partial charge is 0.481 e. The Bertz CT molecular complexity index is 606. The zero-order chi connectivity index (χ0) is 15.5. The monoisotopic (exact) mass is 392 g/mol. The third-order valence-electron chi connectivity index (χ3n) is 3.56. The van der Waals surface area contributed by atoms with Crippen LogP contribution in [0.1, 0.15) is 19.3 Å². The van der Waals surface area contributed by atoms with E-state index in [4.69, 9.17) is 5.11 Å². The molecular formula is C14H17BrO4S2. The van der Waals surface area contributed by atoms with E-state index in [0.717, 1.165) is 23.1 Å². The molecular weight excluding hydrogens is 376 g/mol. The minimum absolute atomic E-state index is 0.0854. The molecule has 0 saturated heterocycles. The van der Waals surface area contributed by atoms with Crippen molar-refractivity contribution < 1.29 is 18.3 Å². The predicted molar refractivity (Wildman–Crippen MR) is 87.4 cm³/mol. The van der Waals surface area contributed by atoms with Crippen molar-refractivity contribution in [2.45, 2.75) is 24.2 Å². The number of halogens is 1. The van der Waals surface area contributed by atoms with E-state index in [-0.39, 0.29) is 17.6 Å². The van der Waals surface area contributed by atoms with Crippen molar-refractivity contribution in [1.82, 2.24) is 0 Å². The number of aliphatic carboxylic acids is 1. The molecule has 7 heteroatoms. The molecule has 0 heterocycles. The second kappa shape index (κ2) is 6.71. The Kier molecular flexibility index (Phi) is 5.38. The highest BCUT2D eigenvalue weighted by Crippen LogP contribution is 2.51. The number of carboxylic acid groups (broad SMARTS) is 1. The zero-order valence-corrected chi connectivity index (χ0v) is 14.6. The predicted octanol–water partition coefficient (Wildman–Crippen LogP) is 3.21. The van der Waals surface area contributed by atoms with Crippen LogP contribution in [0.4, 0.5) is 0 Å². The maximum absolute atomic E-state index is 12.1. The minimum atomic E-state index is -3.26. The molecule has 0 bridgehead atoms. The van der Waals surface area contributed by atoms with E-state index < -0.39 is 15.8 Å². The molecule has 0 atom stereocenters. The quantitative estimate of drug-likeness (QED) is 0.687. The van der Waals surface area contributed by atoms with Crippen molar-refractivity contribution in [3.63, 3.8) is 0 Å². The second-order valence-corrected chi connectivity index (χ2v) is 9.53. The van der Waals surface area contributed by atoms with Gasteiger partial charge in [-0.3, -0.25) is 4.79 Å². The average molecular weight is 393 g/mol. The van der Waals surface area contributed by atoms with Crippen LogP contribution in [0.3, 0.4) is 0 Å². The summed E-state index contributed by atoms with van der Waals surface area (Å²) in [6.07, 6.45) is 2.07. The molecule has 0 aliphatic heterocycles. The lowest BCUT2D eigenvalue weighted by atomic mass is 10.1. The molecule has 1 fully saturated rings. The van der Waals surface area contributed by atoms with E-state index in [0.29, 0.717) is 10.6 Å². The molecule has 21 heavy (non-hydrogen) atoms. The van der Waals surface area contributed by atoms with Crippen LogP contribution in [0.15, 0.2) is 33.6 Å². The summed E-state index contributed by atoms with van der Waals surface area (Å²) in [5.41, 5.74) is -0.0854. The third kappa shape index (κ3) is 5.00. The topological polar surface area (TPSA) is 71.4 Å². The Hall–Kier alpha value is -0.530. The molecule has 0 unspecified atom stereocenters. The van der Waals surface area contributed by atoms with E-state index in [1.54, 1.807) is 24.3 Å². The van der Waals surface area contributed by atoms with Crippen molar-refractivity contribution >= 4 is 43.5 Å². The molecule has 1 saturated carbocycles. The summed E-state index contributed by atoms with van der Waals surface area (Å²) in [5.74, 6) is 0.549. The number of carbonyl (C=O) groups is 1. The first-order chi connectivity index (χ1) is 9.83. The van der Waals surface area contributed by atoms with Crippen LogP contribution in [0.5, 0.6) is 0 Å². The number of hydrogen-bond donors (Lipinski definition) is 1. The summed E-state index contributed by atoms with van der Waals surface area (Å²) in [5, 5.41) is 8.84. The number of rotatable bonds is 8. The molecule has 0 aromatic heterocycles. The summed E-state index contributed by atoms with van der Waals surface area (Å²) in [4.78, 5) is 11.1. The fourth-order valence-electron chi connectivity index (χ4n) is 2.09. The number of carboxylic acids is 1. The Morgan fingerprint density at radius 3 is 2.43 bits per heavy atom. The van der Waals surface area contributed by atoms with Gasteiger partial charge in [0.1, 0.15) is 0 Å². The van der Waals surface area contributed by atoms with Gasteiger partial charge < -0.3 is 5.11 Å². The number of thioether (sulfide) groups is 1.